The van der Waals surface area contributed by atoms with Crippen LogP contribution >= 0.6 is 11.6 Å². The number of allylic oxidation sites excluding steroid dienone is 2. The molecule has 2 amide bonds. The lowest BCUT2D eigenvalue weighted by molar-refractivity contribution is -0.124. The molecule has 0 radical (unpaired) electrons. The van der Waals surface area contributed by atoms with Gasteiger partial charge < -0.3 is 4.74 Å². The van der Waals surface area contributed by atoms with Crippen LogP contribution in [-0.4, -0.2) is 24.9 Å². The Morgan fingerprint density at radius 3 is 2.28 bits per heavy atom. The Bertz CT molecular complexity index is 827. The smallest absolute Gasteiger partial charge is 0.339 e. The number of benzene rings is 1. The van der Waals surface area contributed by atoms with Gasteiger partial charge in [-0.05, 0) is 48.3 Å². The SMILES string of the molecule is COC(=O)c1cc(N2C(=O)[C@@H]3[C@H]4C=C[C@H]([C@H]5C[C@@H]45)[C@@H]3C2=O)ccc1Cl. The van der Waals surface area contributed by atoms with E-state index in [0.717, 1.165) is 6.42 Å². The van der Waals surface area contributed by atoms with E-state index in [-0.39, 0.29) is 46.1 Å². The van der Waals surface area contributed by atoms with Crippen LogP contribution in [-0.2, 0) is 14.3 Å². The fourth-order valence-corrected chi connectivity index (χ4v) is 5.32. The summed E-state index contributed by atoms with van der Waals surface area (Å²) in [4.78, 5) is 39.2. The number of imide groups is 1. The Morgan fingerprint density at radius 2 is 1.72 bits per heavy atom. The maximum absolute atomic E-state index is 13.1. The van der Waals surface area contributed by atoms with E-state index in [1.54, 1.807) is 6.07 Å². The Labute approximate surface area is 149 Å². The van der Waals surface area contributed by atoms with E-state index in [1.807, 2.05) is 0 Å². The molecule has 25 heavy (non-hydrogen) atoms. The number of rotatable bonds is 2. The van der Waals surface area contributed by atoms with E-state index in [0.29, 0.717) is 17.5 Å². The summed E-state index contributed by atoms with van der Waals surface area (Å²) >= 11 is 6.05. The minimum atomic E-state index is -0.591. The monoisotopic (exact) mass is 357 g/mol. The second-order valence-corrected chi connectivity index (χ2v) is 7.73. The third-order valence-electron chi connectivity index (χ3n) is 6.28. The molecule has 6 heteroatoms. The first kappa shape index (κ1) is 15.1. The van der Waals surface area contributed by atoms with Crippen molar-refractivity contribution in [3.05, 3.63) is 40.9 Å². The first-order valence-electron chi connectivity index (χ1n) is 8.47. The Kier molecular flexibility index (Phi) is 2.99. The van der Waals surface area contributed by atoms with Gasteiger partial charge in [-0.25, -0.2) is 9.69 Å². The van der Waals surface area contributed by atoms with Gasteiger partial charge in [0.05, 0.1) is 35.2 Å². The molecule has 3 fully saturated rings. The minimum Gasteiger partial charge on any atom is -0.465 e. The van der Waals surface area contributed by atoms with Crippen molar-refractivity contribution in [1.29, 1.82) is 0 Å². The summed E-state index contributed by atoms with van der Waals surface area (Å²) in [5.41, 5.74) is 0.545. The molecular formula is C19H16ClNO4. The number of amides is 2. The van der Waals surface area contributed by atoms with Crippen molar-refractivity contribution in [2.75, 3.05) is 12.0 Å². The molecule has 0 unspecified atom stereocenters. The number of carbonyl (C=O) groups excluding carboxylic acids is 3. The Hall–Kier alpha value is -2.14. The number of esters is 1. The maximum atomic E-state index is 13.1. The molecule has 0 N–H and O–H groups in total. The summed E-state index contributed by atoms with van der Waals surface area (Å²) in [5.74, 6) is 0.0456. The number of carbonyl (C=O) groups is 3. The van der Waals surface area contributed by atoms with E-state index < -0.39 is 5.97 Å². The summed E-state index contributed by atoms with van der Waals surface area (Å²) in [6.07, 6.45) is 5.40. The summed E-state index contributed by atoms with van der Waals surface area (Å²) < 4.78 is 4.73. The van der Waals surface area contributed by atoms with Gasteiger partial charge in [-0.1, -0.05) is 23.8 Å². The van der Waals surface area contributed by atoms with Gasteiger partial charge in [-0.2, -0.15) is 0 Å². The lowest BCUT2D eigenvalue weighted by Gasteiger charge is -2.37. The second-order valence-electron chi connectivity index (χ2n) is 7.32. The van der Waals surface area contributed by atoms with Crippen LogP contribution in [0.5, 0.6) is 0 Å². The Balaban J connectivity index is 1.55. The molecule has 1 aromatic carbocycles. The van der Waals surface area contributed by atoms with Gasteiger partial charge >= 0.3 is 5.97 Å². The summed E-state index contributed by atoms with van der Waals surface area (Å²) in [6.45, 7) is 0. The zero-order valence-corrected chi connectivity index (χ0v) is 14.3. The van der Waals surface area contributed by atoms with Gasteiger partial charge in [0.15, 0.2) is 0 Å². The molecule has 1 saturated heterocycles. The average Bonchev–Trinajstić information content (AvgIpc) is 3.39. The van der Waals surface area contributed by atoms with Crippen LogP contribution in [0.4, 0.5) is 5.69 Å². The molecule has 1 heterocycles. The number of halogens is 1. The van der Waals surface area contributed by atoms with Crippen LogP contribution in [0.15, 0.2) is 30.4 Å². The second kappa shape index (κ2) is 4.94. The van der Waals surface area contributed by atoms with Crippen LogP contribution in [0.25, 0.3) is 0 Å². The standard InChI is InChI=1S/C19H16ClNO4/c1-25-19(24)13-6-8(2-5-14(13)20)21-17(22)15-9-3-4-10(12-7-11(9)12)16(15)18(21)23/h2-6,9-12,15-16H,7H2,1H3/t9-,10+,11-,12+,15+,16-. The lowest BCUT2D eigenvalue weighted by atomic mass is 9.63. The fourth-order valence-electron chi connectivity index (χ4n) is 5.13. The maximum Gasteiger partial charge on any atom is 0.339 e. The molecule has 5 nitrogen and oxygen atoms in total. The predicted octanol–water partition coefficient (Wildman–Crippen LogP) is 2.68. The van der Waals surface area contributed by atoms with Crippen molar-refractivity contribution in [1.82, 2.24) is 0 Å². The minimum absolute atomic E-state index is 0.154. The molecule has 2 saturated carbocycles. The highest BCUT2D eigenvalue weighted by molar-refractivity contribution is 6.34. The number of hydrogen-bond donors (Lipinski definition) is 0. The topological polar surface area (TPSA) is 63.7 Å². The van der Waals surface area contributed by atoms with Gasteiger partial charge in [0.25, 0.3) is 0 Å². The molecule has 4 aliphatic carbocycles. The quantitative estimate of drug-likeness (QED) is 0.464. The van der Waals surface area contributed by atoms with Gasteiger partial charge in [0, 0.05) is 0 Å². The summed E-state index contributed by atoms with van der Waals surface area (Å²) in [7, 11) is 1.27. The first-order chi connectivity index (χ1) is 12.0. The molecule has 5 aliphatic rings. The normalized spacial score (nSPS) is 37.1. The molecule has 1 aliphatic heterocycles. The number of ether oxygens (including phenoxy) is 1. The van der Waals surface area contributed by atoms with Gasteiger partial charge in [0.2, 0.25) is 11.8 Å². The summed E-state index contributed by atoms with van der Waals surface area (Å²) in [5, 5.41) is 0.232. The zero-order valence-electron chi connectivity index (χ0n) is 13.5. The molecular weight excluding hydrogens is 342 g/mol. The van der Waals surface area contributed by atoms with Gasteiger partial charge in [-0.15, -0.1) is 0 Å². The van der Waals surface area contributed by atoms with Crippen LogP contribution in [0, 0.1) is 35.5 Å². The molecule has 128 valence electrons. The summed E-state index contributed by atoms with van der Waals surface area (Å²) in [6, 6.07) is 4.60. The third kappa shape index (κ3) is 1.87. The van der Waals surface area contributed by atoms with Crippen LogP contribution in [0.2, 0.25) is 5.02 Å². The predicted molar refractivity (Wildman–Crippen MR) is 90.0 cm³/mol. The molecule has 6 atom stereocenters. The van der Waals surface area contributed by atoms with Crippen molar-refractivity contribution < 1.29 is 19.1 Å². The number of methoxy groups -OCH3 is 1. The third-order valence-corrected chi connectivity index (χ3v) is 6.61. The number of hydrogen-bond acceptors (Lipinski definition) is 4. The molecule has 1 aromatic rings. The largest absolute Gasteiger partial charge is 0.465 e. The highest BCUT2D eigenvalue weighted by Gasteiger charge is 2.67. The van der Waals surface area contributed by atoms with E-state index >= 15 is 0 Å². The number of nitrogens with zero attached hydrogens (tertiary/aromatic N) is 1. The molecule has 2 bridgehead atoms. The van der Waals surface area contributed by atoms with Crippen molar-refractivity contribution in [3.63, 3.8) is 0 Å². The van der Waals surface area contributed by atoms with Crippen molar-refractivity contribution in [3.8, 4) is 0 Å². The van der Waals surface area contributed by atoms with E-state index in [4.69, 9.17) is 16.3 Å². The van der Waals surface area contributed by atoms with Crippen molar-refractivity contribution in [2.24, 2.45) is 35.5 Å². The molecule has 0 aromatic heterocycles. The van der Waals surface area contributed by atoms with Crippen molar-refractivity contribution >= 4 is 35.1 Å². The molecule has 6 rings (SSSR count). The van der Waals surface area contributed by atoms with E-state index in [2.05, 4.69) is 12.2 Å². The zero-order chi connectivity index (χ0) is 17.5. The number of anilines is 1. The van der Waals surface area contributed by atoms with Crippen LogP contribution < -0.4 is 4.90 Å². The fraction of sp³-hybridized carbons (Fsp3) is 0.421. The first-order valence-corrected chi connectivity index (χ1v) is 8.84. The van der Waals surface area contributed by atoms with Crippen LogP contribution in [0.3, 0.4) is 0 Å². The van der Waals surface area contributed by atoms with Crippen LogP contribution in [0.1, 0.15) is 16.8 Å². The Morgan fingerprint density at radius 1 is 1.12 bits per heavy atom. The highest BCUT2D eigenvalue weighted by atomic mass is 35.5. The van der Waals surface area contributed by atoms with Gasteiger partial charge in [-0.3, -0.25) is 9.59 Å². The lowest BCUT2D eigenvalue weighted by Crippen LogP contribution is -2.40. The van der Waals surface area contributed by atoms with E-state index in [9.17, 15) is 14.4 Å². The highest BCUT2D eigenvalue weighted by Crippen LogP contribution is 2.65. The average molecular weight is 358 g/mol. The molecule has 0 spiro atoms. The van der Waals surface area contributed by atoms with Gasteiger partial charge in [0.1, 0.15) is 0 Å². The van der Waals surface area contributed by atoms with E-state index in [1.165, 1.54) is 24.1 Å². The van der Waals surface area contributed by atoms with Crippen molar-refractivity contribution in [2.45, 2.75) is 6.42 Å².